The standard InChI is InChI=1S/C16H25N3O3S/c1-12(15-5-8-17-11-16(15)22-2)18-13-6-9-19(10-7-13)23(20,21)14-3-4-14/h5,8,11-14,18H,3-4,6-7,9-10H2,1-2H3. The van der Waals surface area contributed by atoms with Gasteiger partial charge in [0.15, 0.2) is 0 Å². The lowest BCUT2D eigenvalue weighted by atomic mass is 10.0. The van der Waals surface area contributed by atoms with Crippen LogP contribution in [0, 0.1) is 0 Å². The van der Waals surface area contributed by atoms with E-state index in [1.807, 2.05) is 6.07 Å². The molecule has 1 aromatic heterocycles. The summed E-state index contributed by atoms with van der Waals surface area (Å²) in [6.45, 7) is 3.35. The minimum atomic E-state index is -3.03. The summed E-state index contributed by atoms with van der Waals surface area (Å²) in [5, 5.41) is 3.49. The van der Waals surface area contributed by atoms with Crippen molar-refractivity contribution in [2.45, 2.75) is 49.9 Å². The maximum absolute atomic E-state index is 12.3. The van der Waals surface area contributed by atoms with E-state index in [4.69, 9.17) is 4.74 Å². The lowest BCUT2D eigenvalue weighted by molar-refractivity contribution is 0.275. The van der Waals surface area contributed by atoms with Crippen LogP contribution in [-0.4, -0.2) is 49.2 Å². The van der Waals surface area contributed by atoms with Crippen LogP contribution < -0.4 is 10.1 Å². The highest BCUT2D eigenvalue weighted by Gasteiger charge is 2.41. The summed E-state index contributed by atoms with van der Waals surface area (Å²) in [4.78, 5) is 4.08. The minimum Gasteiger partial charge on any atom is -0.495 e. The smallest absolute Gasteiger partial charge is 0.216 e. The Morgan fingerprint density at radius 1 is 1.30 bits per heavy atom. The third-order valence-corrected chi connectivity index (χ3v) is 7.15. The zero-order valence-electron chi connectivity index (χ0n) is 13.7. The SMILES string of the molecule is COc1cnccc1C(C)NC1CCN(S(=O)(=O)C2CC2)CC1. The molecule has 1 saturated carbocycles. The number of hydrogen-bond donors (Lipinski definition) is 1. The highest BCUT2D eigenvalue weighted by molar-refractivity contribution is 7.90. The van der Waals surface area contributed by atoms with Crippen molar-refractivity contribution in [1.29, 1.82) is 0 Å². The number of rotatable bonds is 6. The molecule has 1 N–H and O–H groups in total. The number of ether oxygens (including phenoxy) is 1. The van der Waals surface area contributed by atoms with E-state index in [0.717, 1.165) is 37.0 Å². The van der Waals surface area contributed by atoms with Crippen LogP contribution in [-0.2, 0) is 10.0 Å². The van der Waals surface area contributed by atoms with Gasteiger partial charge in [-0.05, 0) is 38.7 Å². The predicted octanol–water partition coefficient (Wildman–Crippen LogP) is 1.70. The van der Waals surface area contributed by atoms with Crippen LogP contribution in [0.5, 0.6) is 5.75 Å². The van der Waals surface area contributed by atoms with Gasteiger partial charge >= 0.3 is 0 Å². The molecule has 0 spiro atoms. The normalized spacial score (nSPS) is 22.0. The Morgan fingerprint density at radius 3 is 2.61 bits per heavy atom. The second-order valence-corrected chi connectivity index (χ2v) is 8.64. The summed E-state index contributed by atoms with van der Waals surface area (Å²) in [5.41, 5.74) is 1.08. The maximum atomic E-state index is 12.3. The first-order chi connectivity index (χ1) is 11.0. The van der Waals surface area contributed by atoms with Gasteiger partial charge in [0.1, 0.15) is 5.75 Å². The maximum Gasteiger partial charge on any atom is 0.216 e. The molecule has 1 aliphatic carbocycles. The Bertz CT molecular complexity index is 638. The molecule has 1 saturated heterocycles. The number of aromatic nitrogens is 1. The number of pyridine rings is 1. The number of nitrogens with zero attached hydrogens (tertiary/aromatic N) is 2. The summed E-state index contributed by atoms with van der Waals surface area (Å²) < 4.78 is 31.6. The molecule has 2 heterocycles. The molecule has 7 heteroatoms. The molecule has 23 heavy (non-hydrogen) atoms. The summed E-state index contributed by atoms with van der Waals surface area (Å²) in [6.07, 6.45) is 6.85. The minimum absolute atomic E-state index is 0.105. The van der Waals surface area contributed by atoms with Gasteiger partial charge in [-0.25, -0.2) is 12.7 Å². The summed E-state index contributed by atoms with van der Waals surface area (Å²) in [6, 6.07) is 2.43. The summed E-state index contributed by atoms with van der Waals surface area (Å²) in [5.74, 6) is 0.779. The Balaban J connectivity index is 1.56. The fraction of sp³-hybridized carbons (Fsp3) is 0.688. The average molecular weight is 339 g/mol. The number of nitrogens with one attached hydrogen (secondary N) is 1. The first-order valence-electron chi connectivity index (χ1n) is 8.25. The van der Waals surface area contributed by atoms with E-state index < -0.39 is 10.0 Å². The predicted molar refractivity (Wildman–Crippen MR) is 88.9 cm³/mol. The Kier molecular flexibility index (Phi) is 4.89. The first-order valence-corrected chi connectivity index (χ1v) is 9.75. The molecule has 128 valence electrons. The molecular weight excluding hydrogens is 314 g/mol. The lowest BCUT2D eigenvalue weighted by Gasteiger charge is -2.33. The van der Waals surface area contributed by atoms with Crippen LogP contribution >= 0.6 is 0 Å². The molecule has 2 aliphatic rings. The largest absolute Gasteiger partial charge is 0.495 e. The third kappa shape index (κ3) is 3.67. The van der Waals surface area contributed by atoms with Crippen molar-refractivity contribution in [3.05, 3.63) is 24.0 Å². The highest BCUT2D eigenvalue weighted by atomic mass is 32.2. The van der Waals surface area contributed by atoms with Crippen LogP contribution in [0.1, 0.15) is 44.2 Å². The lowest BCUT2D eigenvalue weighted by Crippen LogP contribution is -2.46. The topological polar surface area (TPSA) is 71.5 Å². The Morgan fingerprint density at radius 2 is 2.00 bits per heavy atom. The van der Waals surface area contributed by atoms with Gasteiger partial charge in [-0.2, -0.15) is 0 Å². The van der Waals surface area contributed by atoms with Crippen molar-refractivity contribution in [3.8, 4) is 5.75 Å². The van der Waals surface area contributed by atoms with Crippen molar-refractivity contribution < 1.29 is 13.2 Å². The van der Waals surface area contributed by atoms with E-state index in [-0.39, 0.29) is 11.3 Å². The number of methoxy groups -OCH3 is 1. The van der Waals surface area contributed by atoms with E-state index in [0.29, 0.717) is 19.1 Å². The molecule has 2 fully saturated rings. The molecular formula is C16H25N3O3S. The fourth-order valence-corrected chi connectivity index (χ4v) is 5.09. The van der Waals surface area contributed by atoms with Gasteiger partial charge in [-0.15, -0.1) is 0 Å². The van der Waals surface area contributed by atoms with E-state index in [1.165, 1.54) is 0 Å². The van der Waals surface area contributed by atoms with Gasteiger partial charge in [-0.1, -0.05) is 0 Å². The van der Waals surface area contributed by atoms with Gasteiger partial charge in [0.25, 0.3) is 0 Å². The van der Waals surface area contributed by atoms with Crippen molar-refractivity contribution >= 4 is 10.0 Å². The van der Waals surface area contributed by atoms with Gasteiger partial charge in [0.2, 0.25) is 10.0 Å². The van der Waals surface area contributed by atoms with Crippen LogP contribution in [0.3, 0.4) is 0 Å². The van der Waals surface area contributed by atoms with Gasteiger partial charge < -0.3 is 10.1 Å². The average Bonchev–Trinajstić information content (AvgIpc) is 3.40. The summed E-state index contributed by atoms with van der Waals surface area (Å²) in [7, 11) is -1.38. The molecule has 1 atom stereocenters. The van der Waals surface area contributed by atoms with E-state index in [2.05, 4.69) is 17.2 Å². The summed E-state index contributed by atoms with van der Waals surface area (Å²) >= 11 is 0. The van der Waals surface area contributed by atoms with Gasteiger partial charge in [0.05, 0.1) is 18.6 Å². The zero-order chi connectivity index (χ0) is 16.4. The van der Waals surface area contributed by atoms with Gasteiger partial charge in [-0.3, -0.25) is 4.98 Å². The van der Waals surface area contributed by atoms with Crippen molar-refractivity contribution in [1.82, 2.24) is 14.6 Å². The molecule has 3 rings (SSSR count). The third-order valence-electron chi connectivity index (χ3n) is 4.75. The Labute approximate surface area is 138 Å². The van der Waals surface area contributed by atoms with Crippen molar-refractivity contribution in [2.24, 2.45) is 0 Å². The van der Waals surface area contributed by atoms with Crippen molar-refractivity contribution in [3.63, 3.8) is 0 Å². The van der Waals surface area contributed by atoms with E-state index in [1.54, 1.807) is 23.8 Å². The van der Waals surface area contributed by atoms with Crippen LogP contribution in [0.15, 0.2) is 18.5 Å². The molecule has 1 unspecified atom stereocenters. The molecule has 0 amide bonds. The second kappa shape index (κ2) is 6.75. The molecule has 1 aromatic rings. The second-order valence-electron chi connectivity index (χ2n) is 6.42. The van der Waals surface area contributed by atoms with Crippen molar-refractivity contribution in [2.75, 3.05) is 20.2 Å². The fourth-order valence-electron chi connectivity index (χ4n) is 3.22. The zero-order valence-corrected chi connectivity index (χ0v) is 14.6. The van der Waals surface area contributed by atoms with E-state index >= 15 is 0 Å². The van der Waals surface area contributed by atoms with Gasteiger partial charge in [0, 0.05) is 36.9 Å². The Hall–Kier alpha value is -1.18. The highest BCUT2D eigenvalue weighted by Crippen LogP contribution is 2.32. The van der Waals surface area contributed by atoms with Crippen LogP contribution in [0.4, 0.5) is 0 Å². The van der Waals surface area contributed by atoms with Crippen LogP contribution in [0.25, 0.3) is 0 Å². The molecule has 0 radical (unpaired) electrons. The number of hydrogen-bond acceptors (Lipinski definition) is 5. The van der Waals surface area contributed by atoms with E-state index in [9.17, 15) is 8.42 Å². The first kappa shape index (κ1) is 16.7. The molecule has 6 nitrogen and oxygen atoms in total. The molecule has 1 aliphatic heterocycles. The number of sulfonamides is 1. The molecule has 0 bridgehead atoms. The van der Waals surface area contributed by atoms with Crippen LogP contribution in [0.2, 0.25) is 0 Å². The molecule has 0 aromatic carbocycles. The number of piperidine rings is 1. The monoisotopic (exact) mass is 339 g/mol. The quantitative estimate of drug-likeness (QED) is 0.854.